The van der Waals surface area contributed by atoms with Gasteiger partial charge in [-0.1, -0.05) is 47.5 Å². The minimum Gasteiger partial charge on any atom is -0.493 e. The van der Waals surface area contributed by atoms with Gasteiger partial charge < -0.3 is 4.74 Å². The number of nitrogens with one attached hydrogen (secondary N) is 1. The molecule has 1 N–H and O–H groups in total. The second-order valence-corrected chi connectivity index (χ2v) is 7.31. The molecule has 7 heteroatoms. The lowest BCUT2D eigenvalue weighted by molar-refractivity contribution is 0.102. The summed E-state index contributed by atoms with van der Waals surface area (Å²) < 4.78 is 5.50. The zero-order valence-electron chi connectivity index (χ0n) is 14.0. The number of hydrogen-bond acceptors (Lipinski definition) is 4. The zero-order valence-corrected chi connectivity index (χ0v) is 16.3. The molecule has 0 aliphatic carbocycles. The van der Waals surface area contributed by atoms with E-state index in [1.807, 2.05) is 25.1 Å². The lowest BCUT2D eigenvalue weighted by atomic mass is 10.1. The standard InChI is InChI=1S/C19H16Cl2N2O2S/c1-2-25-16-9-4-3-7-14(16)18(24)23-19-22-11-13(26-19)10-12-6-5-8-15(20)17(12)21/h3-9,11H,2,10H2,1H3,(H,22,23,24). The maximum Gasteiger partial charge on any atom is 0.261 e. The number of rotatable bonds is 6. The monoisotopic (exact) mass is 406 g/mol. The van der Waals surface area contributed by atoms with Crippen LogP contribution >= 0.6 is 34.5 Å². The largest absolute Gasteiger partial charge is 0.493 e. The predicted molar refractivity (Wildman–Crippen MR) is 107 cm³/mol. The third-order valence-corrected chi connectivity index (χ3v) is 5.37. The van der Waals surface area contributed by atoms with E-state index in [9.17, 15) is 4.79 Å². The van der Waals surface area contributed by atoms with Gasteiger partial charge in [-0.05, 0) is 30.7 Å². The molecule has 1 aromatic heterocycles. The molecule has 0 saturated heterocycles. The van der Waals surface area contributed by atoms with Crippen molar-refractivity contribution in [2.75, 3.05) is 11.9 Å². The van der Waals surface area contributed by atoms with Crippen LogP contribution in [0.15, 0.2) is 48.7 Å². The van der Waals surface area contributed by atoms with Crippen LogP contribution in [0.2, 0.25) is 10.0 Å². The summed E-state index contributed by atoms with van der Waals surface area (Å²) in [7, 11) is 0. The van der Waals surface area contributed by atoms with Gasteiger partial charge in [0.15, 0.2) is 5.13 Å². The van der Waals surface area contributed by atoms with Gasteiger partial charge in [-0.15, -0.1) is 11.3 Å². The van der Waals surface area contributed by atoms with Crippen molar-refractivity contribution in [3.8, 4) is 5.75 Å². The quantitative estimate of drug-likeness (QED) is 0.571. The molecule has 26 heavy (non-hydrogen) atoms. The average Bonchev–Trinajstić information content (AvgIpc) is 3.06. The van der Waals surface area contributed by atoms with E-state index >= 15 is 0 Å². The number of hydrogen-bond donors (Lipinski definition) is 1. The Labute approximate surface area is 165 Å². The Kier molecular flexibility index (Phi) is 6.14. The Hall–Kier alpha value is -2.08. The molecule has 0 atom stereocenters. The Morgan fingerprint density at radius 3 is 2.81 bits per heavy atom. The van der Waals surface area contributed by atoms with Crippen molar-refractivity contribution in [2.24, 2.45) is 0 Å². The molecule has 134 valence electrons. The summed E-state index contributed by atoms with van der Waals surface area (Å²) in [5.74, 6) is 0.297. The molecule has 0 aliphatic heterocycles. The topological polar surface area (TPSA) is 51.2 Å². The third-order valence-electron chi connectivity index (χ3n) is 3.60. The number of amides is 1. The van der Waals surface area contributed by atoms with Crippen LogP contribution in [0.1, 0.15) is 27.7 Å². The zero-order chi connectivity index (χ0) is 18.5. The predicted octanol–water partition coefficient (Wildman–Crippen LogP) is 5.69. The van der Waals surface area contributed by atoms with Gasteiger partial charge in [-0.2, -0.15) is 0 Å². The summed E-state index contributed by atoms with van der Waals surface area (Å²) in [6.07, 6.45) is 2.33. The molecule has 2 aromatic carbocycles. The first-order valence-electron chi connectivity index (χ1n) is 7.99. The fourth-order valence-electron chi connectivity index (χ4n) is 2.42. The minimum absolute atomic E-state index is 0.254. The highest BCUT2D eigenvalue weighted by Gasteiger charge is 2.14. The number of ether oxygens (including phenoxy) is 1. The molecule has 3 aromatic rings. The smallest absolute Gasteiger partial charge is 0.261 e. The van der Waals surface area contributed by atoms with E-state index < -0.39 is 0 Å². The molecule has 3 rings (SSSR count). The van der Waals surface area contributed by atoms with Crippen molar-refractivity contribution in [3.63, 3.8) is 0 Å². The molecule has 1 amide bonds. The molecule has 0 radical (unpaired) electrons. The van der Waals surface area contributed by atoms with Crippen molar-refractivity contribution in [3.05, 3.63) is 74.7 Å². The summed E-state index contributed by atoms with van der Waals surface area (Å²) in [4.78, 5) is 17.8. The van der Waals surface area contributed by atoms with E-state index in [0.717, 1.165) is 10.4 Å². The second kappa shape index (κ2) is 8.54. The summed E-state index contributed by atoms with van der Waals surface area (Å²) in [6.45, 7) is 2.37. The van der Waals surface area contributed by atoms with Gasteiger partial charge in [0.05, 0.1) is 22.2 Å². The number of thiazole rings is 1. The molecule has 0 bridgehead atoms. The molecule has 1 heterocycles. The summed E-state index contributed by atoms with van der Waals surface area (Å²) in [6, 6.07) is 12.7. The van der Waals surface area contributed by atoms with Gasteiger partial charge in [0.25, 0.3) is 5.91 Å². The maximum atomic E-state index is 12.5. The number of carbonyl (C=O) groups is 1. The van der Waals surface area contributed by atoms with Gasteiger partial charge in [-0.3, -0.25) is 10.1 Å². The SMILES string of the molecule is CCOc1ccccc1C(=O)Nc1ncc(Cc2cccc(Cl)c2Cl)s1. The summed E-state index contributed by atoms with van der Waals surface area (Å²) in [5.41, 5.74) is 1.39. The molecule has 0 fully saturated rings. The number of aromatic nitrogens is 1. The maximum absolute atomic E-state index is 12.5. The Balaban J connectivity index is 1.72. The number of anilines is 1. The molecular formula is C19H16Cl2N2O2S. The van der Waals surface area contributed by atoms with Crippen LogP contribution in [-0.4, -0.2) is 17.5 Å². The van der Waals surface area contributed by atoms with Crippen LogP contribution in [-0.2, 0) is 6.42 Å². The Morgan fingerprint density at radius 1 is 1.19 bits per heavy atom. The second-order valence-electron chi connectivity index (χ2n) is 5.40. The number of carbonyl (C=O) groups excluding carboxylic acids is 1. The lowest BCUT2D eigenvalue weighted by Crippen LogP contribution is -2.13. The Morgan fingerprint density at radius 2 is 2.00 bits per heavy atom. The first-order chi connectivity index (χ1) is 12.6. The van der Waals surface area contributed by atoms with Crippen LogP contribution in [0.3, 0.4) is 0 Å². The first kappa shape index (κ1) is 18.7. The van der Waals surface area contributed by atoms with Gasteiger partial charge in [0.2, 0.25) is 0 Å². The van der Waals surface area contributed by atoms with Gasteiger partial charge >= 0.3 is 0 Å². The molecular weight excluding hydrogens is 391 g/mol. The number of benzene rings is 2. The highest BCUT2D eigenvalue weighted by Crippen LogP contribution is 2.30. The van der Waals surface area contributed by atoms with Gasteiger partial charge in [0, 0.05) is 17.5 Å². The van der Waals surface area contributed by atoms with E-state index in [1.54, 1.807) is 30.5 Å². The molecule has 0 aliphatic rings. The molecule has 0 unspecified atom stereocenters. The fourth-order valence-corrected chi connectivity index (χ4v) is 3.64. The minimum atomic E-state index is -0.254. The first-order valence-corrected chi connectivity index (χ1v) is 9.56. The highest BCUT2D eigenvalue weighted by molar-refractivity contribution is 7.15. The molecule has 4 nitrogen and oxygen atoms in total. The van der Waals surface area contributed by atoms with Crippen LogP contribution in [0.5, 0.6) is 5.75 Å². The number of halogens is 2. The van der Waals surface area contributed by atoms with E-state index in [2.05, 4.69) is 10.3 Å². The normalized spacial score (nSPS) is 10.6. The molecule has 0 saturated carbocycles. The van der Waals surface area contributed by atoms with Crippen molar-refractivity contribution < 1.29 is 9.53 Å². The number of nitrogens with zero attached hydrogens (tertiary/aromatic N) is 1. The lowest BCUT2D eigenvalue weighted by Gasteiger charge is -2.08. The molecule has 0 spiro atoms. The van der Waals surface area contributed by atoms with Crippen molar-refractivity contribution in [1.29, 1.82) is 0 Å². The van der Waals surface area contributed by atoms with Crippen LogP contribution < -0.4 is 10.1 Å². The van der Waals surface area contributed by atoms with Gasteiger partial charge in [0.1, 0.15) is 5.75 Å². The average molecular weight is 407 g/mol. The van der Waals surface area contributed by atoms with E-state index in [0.29, 0.717) is 39.5 Å². The van der Waals surface area contributed by atoms with Crippen LogP contribution in [0.25, 0.3) is 0 Å². The van der Waals surface area contributed by atoms with Crippen LogP contribution in [0.4, 0.5) is 5.13 Å². The van der Waals surface area contributed by atoms with Crippen molar-refractivity contribution in [2.45, 2.75) is 13.3 Å². The van der Waals surface area contributed by atoms with Gasteiger partial charge in [-0.25, -0.2) is 4.98 Å². The fraction of sp³-hybridized carbons (Fsp3) is 0.158. The highest BCUT2D eigenvalue weighted by atomic mass is 35.5. The van der Waals surface area contributed by atoms with Crippen LogP contribution in [0, 0.1) is 0 Å². The van der Waals surface area contributed by atoms with E-state index in [-0.39, 0.29) is 5.91 Å². The summed E-state index contributed by atoms with van der Waals surface area (Å²) >= 11 is 13.7. The van der Waals surface area contributed by atoms with Crippen molar-refractivity contribution >= 4 is 45.6 Å². The number of para-hydroxylation sites is 1. The van der Waals surface area contributed by atoms with E-state index in [4.69, 9.17) is 27.9 Å². The summed E-state index contributed by atoms with van der Waals surface area (Å²) in [5, 5.41) is 4.40. The van der Waals surface area contributed by atoms with E-state index in [1.165, 1.54) is 11.3 Å². The third kappa shape index (κ3) is 4.36. The van der Waals surface area contributed by atoms with Crippen molar-refractivity contribution in [1.82, 2.24) is 4.98 Å². The Bertz CT molecular complexity index is 927.